The first-order valence-corrected chi connectivity index (χ1v) is 14.1. The van der Waals surface area contributed by atoms with Gasteiger partial charge < -0.3 is 10.2 Å². The molecule has 0 aliphatic heterocycles. The summed E-state index contributed by atoms with van der Waals surface area (Å²) in [6.45, 7) is 0.759. The van der Waals surface area contributed by atoms with Crippen molar-refractivity contribution >= 4 is 50.9 Å². The van der Waals surface area contributed by atoms with Crippen molar-refractivity contribution in [2.24, 2.45) is 0 Å². The minimum atomic E-state index is -4.26. The zero-order chi connectivity index (χ0) is 27.3. The fourth-order valence-electron chi connectivity index (χ4n) is 4.16. The minimum absolute atomic E-state index is 0.0232. The van der Waals surface area contributed by atoms with E-state index >= 15 is 0 Å². The lowest BCUT2D eigenvalue weighted by Crippen LogP contribution is -2.53. The summed E-state index contributed by atoms with van der Waals surface area (Å²) in [5, 5.41) is 3.68. The van der Waals surface area contributed by atoms with E-state index in [9.17, 15) is 22.4 Å². The van der Waals surface area contributed by atoms with Gasteiger partial charge in [0.15, 0.2) is 0 Å². The summed E-state index contributed by atoms with van der Waals surface area (Å²) in [6.07, 6.45) is 3.75. The van der Waals surface area contributed by atoms with E-state index in [-0.39, 0.29) is 24.2 Å². The molecule has 0 bridgehead atoms. The van der Waals surface area contributed by atoms with Crippen LogP contribution in [-0.2, 0) is 26.3 Å². The fourth-order valence-corrected chi connectivity index (χ4v) is 5.70. The van der Waals surface area contributed by atoms with Gasteiger partial charge in [-0.2, -0.15) is 12.7 Å². The number of nitrogens with one attached hydrogen (secondary N) is 1. The molecule has 0 radical (unpaired) electrons. The molecular formula is C25H31Cl2FN4O4S. The molecule has 1 saturated carbocycles. The lowest BCUT2D eigenvalue weighted by molar-refractivity contribution is -0.139. The molecule has 0 unspecified atom stereocenters. The first-order chi connectivity index (χ1) is 17.4. The Morgan fingerprint density at radius 1 is 1.11 bits per heavy atom. The molecule has 1 N–H and O–H groups in total. The maximum Gasteiger partial charge on any atom is 0.304 e. The van der Waals surface area contributed by atoms with Gasteiger partial charge >= 0.3 is 10.2 Å². The summed E-state index contributed by atoms with van der Waals surface area (Å²) in [6, 6.07) is 9.12. The maximum atomic E-state index is 14.7. The number of amides is 2. The monoisotopic (exact) mass is 572 g/mol. The van der Waals surface area contributed by atoms with Crippen molar-refractivity contribution in [2.45, 2.75) is 51.2 Å². The van der Waals surface area contributed by atoms with E-state index < -0.39 is 34.5 Å². The second-order valence-corrected chi connectivity index (χ2v) is 12.1. The van der Waals surface area contributed by atoms with Crippen LogP contribution in [0.4, 0.5) is 10.1 Å². The van der Waals surface area contributed by atoms with Gasteiger partial charge in [-0.1, -0.05) is 54.2 Å². The van der Waals surface area contributed by atoms with Gasteiger partial charge in [-0.15, -0.1) is 0 Å². The van der Waals surface area contributed by atoms with Gasteiger partial charge in [0.1, 0.15) is 18.4 Å². The molecule has 202 valence electrons. The minimum Gasteiger partial charge on any atom is -0.352 e. The third-order valence-electron chi connectivity index (χ3n) is 6.36. The van der Waals surface area contributed by atoms with E-state index in [2.05, 4.69) is 5.32 Å². The smallest absolute Gasteiger partial charge is 0.304 e. The predicted molar refractivity (Wildman–Crippen MR) is 143 cm³/mol. The van der Waals surface area contributed by atoms with Crippen LogP contribution in [0.15, 0.2) is 42.5 Å². The molecule has 8 nitrogen and oxygen atoms in total. The molecule has 2 aromatic rings. The lowest BCUT2D eigenvalue weighted by Gasteiger charge is -2.33. The number of hydrogen-bond donors (Lipinski definition) is 1. The molecule has 2 aromatic carbocycles. The van der Waals surface area contributed by atoms with Crippen LogP contribution < -0.4 is 9.62 Å². The molecule has 3 rings (SSSR count). The van der Waals surface area contributed by atoms with Crippen LogP contribution in [0.2, 0.25) is 10.0 Å². The topological polar surface area (TPSA) is 90.0 Å². The van der Waals surface area contributed by atoms with E-state index in [1.54, 1.807) is 19.1 Å². The highest BCUT2D eigenvalue weighted by Gasteiger charge is 2.34. The average molecular weight is 574 g/mol. The number of anilines is 1. The highest BCUT2D eigenvalue weighted by Crippen LogP contribution is 2.26. The molecule has 0 saturated heterocycles. The van der Waals surface area contributed by atoms with Gasteiger partial charge in [0, 0.05) is 36.7 Å². The summed E-state index contributed by atoms with van der Waals surface area (Å²) in [7, 11) is -1.68. The third-order valence-corrected chi connectivity index (χ3v) is 8.76. The second-order valence-electron chi connectivity index (χ2n) is 9.17. The van der Waals surface area contributed by atoms with Crippen molar-refractivity contribution in [3.05, 3.63) is 63.9 Å². The molecular weight excluding hydrogens is 542 g/mol. The zero-order valence-electron chi connectivity index (χ0n) is 21.0. The molecule has 0 spiro atoms. The van der Waals surface area contributed by atoms with Gasteiger partial charge in [0.05, 0.1) is 5.69 Å². The van der Waals surface area contributed by atoms with Gasteiger partial charge in [-0.05, 0) is 49.6 Å². The zero-order valence-corrected chi connectivity index (χ0v) is 23.3. The van der Waals surface area contributed by atoms with E-state index in [1.165, 1.54) is 43.3 Å². The van der Waals surface area contributed by atoms with Crippen molar-refractivity contribution in [3.63, 3.8) is 0 Å². The Hall–Kier alpha value is -2.40. The standard InChI is InChI=1S/C25H31Cl2FN4O4S/c1-17(25(34)29-20-8-4-5-9-20)31(15-18-12-13-19(26)14-21(18)27)24(33)16-32(37(35,36)30(2)3)23-11-7-6-10-22(23)28/h6-7,10-14,17,20H,4-5,8-9,15-16H2,1-3H3,(H,29,34)/t17-/m0/s1. The molecule has 2 amide bonds. The average Bonchev–Trinajstić information content (AvgIpc) is 3.35. The van der Waals surface area contributed by atoms with Crippen LogP contribution in [-0.4, -0.2) is 62.2 Å². The van der Waals surface area contributed by atoms with Gasteiger partial charge in [0.25, 0.3) is 0 Å². The van der Waals surface area contributed by atoms with Crippen LogP contribution in [0, 0.1) is 5.82 Å². The Balaban J connectivity index is 1.96. The van der Waals surface area contributed by atoms with E-state index in [0.29, 0.717) is 19.9 Å². The summed E-state index contributed by atoms with van der Waals surface area (Å²) in [5.74, 6) is -1.87. The Kier molecular flexibility index (Phi) is 9.80. The number of halogens is 3. The van der Waals surface area contributed by atoms with Gasteiger partial charge in [-0.25, -0.2) is 8.70 Å². The molecule has 1 aliphatic carbocycles. The van der Waals surface area contributed by atoms with Crippen molar-refractivity contribution in [1.29, 1.82) is 0 Å². The summed E-state index contributed by atoms with van der Waals surface area (Å²) < 4.78 is 42.5. The lowest BCUT2D eigenvalue weighted by atomic mass is 10.1. The predicted octanol–water partition coefficient (Wildman–Crippen LogP) is 4.22. The summed E-state index contributed by atoms with van der Waals surface area (Å²) in [5.41, 5.74) is 0.241. The third kappa shape index (κ3) is 7.13. The van der Waals surface area contributed by atoms with Gasteiger partial charge in [-0.3, -0.25) is 9.59 Å². The SMILES string of the molecule is C[C@@H](C(=O)NC1CCCC1)N(Cc1ccc(Cl)cc1Cl)C(=O)CN(c1ccccc1F)S(=O)(=O)N(C)C. The molecule has 0 aromatic heterocycles. The number of hydrogen-bond acceptors (Lipinski definition) is 4. The first kappa shape index (κ1) is 29.2. The summed E-state index contributed by atoms with van der Waals surface area (Å²) >= 11 is 12.4. The van der Waals surface area contributed by atoms with Crippen LogP contribution in [0.5, 0.6) is 0 Å². The molecule has 1 aliphatic rings. The Morgan fingerprint density at radius 3 is 2.35 bits per heavy atom. The highest BCUT2D eigenvalue weighted by molar-refractivity contribution is 7.90. The number of benzene rings is 2. The van der Waals surface area contributed by atoms with E-state index in [1.807, 2.05) is 0 Å². The van der Waals surface area contributed by atoms with Crippen LogP contribution in [0.1, 0.15) is 38.2 Å². The quantitative estimate of drug-likeness (QED) is 0.461. The molecule has 12 heteroatoms. The van der Waals surface area contributed by atoms with Crippen LogP contribution in [0.3, 0.4) is 0 Å². The molecule has 37 heavy (non-hydrogen) atoms. The number of rotatable bonds is 10. The van der Waals surface area contributed by atoms with Crippen LogP contribution >= 0.6 is 23.2 Å². The van der Waals surface area contributed by atoms with Crippen molar-refractivity contribution in [1.82, 2.24) is 14.5 Å². The molecule has 1 atom stereocenters. The number of carbonyl (C=O) groups excluding carboxylic acids is 2. The fraction of sp³-hybridized carbons (Fsp3) is 0.440. The van der Waals surface area contributed by atoms with E-state index in [0.717, 1.165) is 36.1 Å². The first-order valence-electron chi connectivity index (χ1n) is 11.9. The van der Waals surface area contributed by atoms with Crippen molar-refractivity contribution < 1.29 is 22.4 Å². The Bertz CT molecular complexity index is 1240. The Labute approximate surface area is 227 Å². The second kappa shape index (κ2) is 12.4. The number of para-hydroxylation sites is 1. The number of nitrogens with zero attached hydrogens (tertiary/aromatic N) is 3. The number of carbonyl (C=O) groups is 2. The largest absolute Gasteiger partial charge is 0.352 e. The molecule has 0 heterocycles. The van der Waals surface area contributed by atoms with Crippen LogP contribution in [0.25, 0.3) is 0 Å². The normalized spacial score (nSPS) is 15.0. The van der Waals surface area contributed by atoms with Crippen molar-refractivity contribution in [3.8, 4) is 0 Å². The Morgan fingerprint density at radius 2 is 1.76 bits per heavy atom. The summed E-state index contributed by atoms with van der Waals surface area (Å²) in [4.78, 5) is 28.1. The highest BCUT2D eigenvalue weighted by atomic mass is 35.5. The van der Waals surface area contributed by atoms with E-state index in [4.69, 9.17) is 23.2 Å². The van der Waals surface area contributed by atoms with Gasteiger partial charge in [0.2, 0.25) is 11.8 Å². The van der Waals surface area contributed by atoms with Crippen molar-refractivity contribution in [2.75, 3.05) is 24.9 Å². The maximum absolute atomic E-state index is 14.7. The molecule has 1 fully saturated rings.